The van der Waals surface area contributed by atoms with Crippen molar-refractivity contribution in [2.24, 2.45) is 0 Å². The fourth-order valence-electron chi connectivity index (χ4n) is 2.98. The lowest BCUT2D eigenvalue weighted by molar-refractivity contribution is 0.292. The van der Waals surface area contributed by atoms with Gasteiger partial charge in [0.25, 0.3) is 0 Å². The highest BCUT2D eigenvalue weighted by Crippen LogP contribution is 2.22. The summed E-state index contributed by atoms with van der Waals surface area (Å²) in [4.78, 5) is 2.57. The smallest absolute Gasteiger partial charge is 0.0220 e. The molecule has 0 bridgehead atoms. The molecule has 0 aliphatic carbocycles. The first-order chi connectivity index (χ1) is 10.4. The summed E-state index contributed by atoms with van der Waals surface area (Å²) in [6.45, 7) is 4.67. The van der Waals surface area contributed by atoms with E-state index in [-0.39, 0.29) is 12.4 Å². The number of hydrogen-bond donors (Lipinski definition) is 0. The van der Waals surface area contributed by atoms with Gasteiger partial charge in [-0.2, -0.15) is 0 Å². The Morgan fingerprint density at radius 2 is 1.59 bits per heavy atom. The highest BCUT2D eigenvalue weighted by molar-refractivity contribution is 5.85. The van der Waals surface area contributed by atoms with Gasteiger partial charge in [-0.15, -0.1) is 12.4 Å². The summed E-state index contributed by atoms with van der Waals surface area (Å²) in [7, 11) is 0. The fraction of sp³-hybridized carbons (Fsp3) is 0.368. The summed E-state index contributed by atoms with van der Waals surface area (Å²) in [5.74, 6) is 0. The number of aromatic nitrogens is 1. The minimum Gasteiger partial charge on any atom is -0.354 e. The van der Waals surface area contributed by atoms with Crippen molar-refractivity contribution in [3.05, 3.63) is 66.5 Å². The quantitative estimate of drug-likeness (QED) is 0.713. The van der Waals surface area contributed by atoms with Crippen LogP contribution in [0, 0.1) is 0 Å². The third-order valence-corrected chi connectivity index (χ3v) is 4.24. The van der Waals surface area contributed by atoms with Crippen molar-refractivity contribution in [3.63, 3.8) is 0 Å². The summed E-state index contributed by atoms with van der Waals surface area (Å²) in [5, 5.41) is 0. The first kappa shape index (κ1) is 16.9. The Morgan fingerprint density at radius 1 is 0.864 bits per heavy atom. The van der Waals surface area contributed by atoms with Crippen LogP contribution in [0.1, 0.15) is 24.8 Å². The van der Waals surface area contributed by atoms with Gasteiger partial charge in [0.15, 0.2) is 0 Å². The normalized spacial score (nSPS) is 15.2. The van der Waals surface area contributed by atoms with E-state index in [0.717, 1.165) is 13.1 Å². The summed E-state index contributed by atoms with van der Waals surface area (Å²) < 4.78 is 2.27. The Bertz CT molecular complexity index is 560. The third-order valence-electron chi connectivity index (χ3n) is 4.24. The lowest BCUT2D eigenvalue weighted by Crippen LogP contribution is -2.29. The number of aryl methyl sites for hydroxylation is 1. The molecule has 22 heavy (non-hydrogen) atoms. The van der Waals surface area contributed by atoms with E-state index in [9.17, 15) is 0 Å². The molecule has 0 saturated heterocycles. The summed E-state index contributed by atoms with van der Waals surface area (Å²) in [6, 6.07) is 15.0. The second-order valence-corrected chi connectivity index (χ2v) is 5.77. The number of halogens is 1. The molecule has 2 nitrogen and oxygen atoms in total. The Labute approximate surface area is 139 Å². The van der Waals surface area contributed by atoms with E-state index in [2.05, 4.69) is 70.4 Å². The number of benzene rings is 1. The molecule has 1 aliphatic heterocycles. The van der Waals surface area contributed by atoms with Crippen LogP contribution in [0.2, 0.25) is 0 Å². The molecule has 3 rings (SSSR count). The molecule has 1 aromatic heterocycles. The van der Waals surface area contributed by atoms with Crippen LogP contribution in [0.15, 0.2) is 60.9 Å². The third kappa shape index (κ3) is 4.75. The van der Waals surface area contributed by atoms with Crippen LogP contribution in [0.25, 0.3) is 5.57 Å². The Balaban J connectivity index is 0.00000176. The zero-order valence-electron chi connectivity index (χ0n) is 13.0. The van der Waals surface area contributed by atoms with Crippen molar-refractivity contribution in [2.45, 2.75) is 25.8 Å². The molecule has 0 unspecified atom stereocenters. The van der Waals surface area contributed by atoms with Crippen molar-refractivity contribution in [1.29, 1.82) is 0 Å². The predicted molar refractivity (Wildman–Crippen MR) is 96.4 cm³/mol. The fourth-order valence-corrected chi connectivity index (χ4v) is 2.98. The van der Waals surface area contributed by atoms with Crippen LogP contribution in [0.3, 0.4) is 0 Å². The molecule has 0 amide bonds. The molecule has 1 aliphatic rings. The zero-order chi connectivity index (χ0) is 14.3. The maximum atomic E-state index is 2.57. The second kappa shape index (κ2) is 8.82. The van der Waals surface area contributed by atoms with Crippen molar-refractivity contribution < 1.29 is 0 Å². The van der Waals surface area contributed by atoms with Gasteiger partial charge in [-0.25, -0.2) is 0 Å². The molecule has 2 aromatic rings. The number of nitrogens with zero attached hydrogens (tertiary/aromatic N) is 2. The Hall–Kier alpha value is -1.51. The Kier molecular flexibility index (Phi) is 6.75. The van der Waals surface area contributed by atoms with Crippen LogP contribution < -0.4 is 0 Å². The molecule has 0 fully saturated rings. The Morgan fingerprint density at radius 3 is 2.27 bits per heavy atom. The molecule has 0 N–H and O–H groups in total. The molecule has 2 heterocycles. The lowest BCUT2D eigenvalue weighted by atomic mass is 9.99. The highest BCUT2D eigenvalue weighted by atomic mass is 35.5. The van der Waals surface area contributed by atoms with E-state index in [1.165, 1.54) is 43.5 Å². The second-order valence-electron chi connectivity index (χ2n) is 5.77. The van der Waals surface area contributed by atoms with Crippen molar-refractivity contribution in [3.8, 4) is 0 Å². The van der Waals surface area contributed by atoms with E-state index in [0.29, 0.717) is 0 Å². The summed E-state index contributed by atoms with van der Waals surface area (Å²) in [6.07, 6.45) is 10.4. The van der Waals surface area contributed by atoms with E-state index in [1.807, 2.05) is 0 Å². The predicted octanol–water partition coefficient (Wildman–Crippen LogP) is 4.48. The van der Waals surface area contributed by atoms with E-state index >= 15 is 0 Å². The van der Waals surface area contributed by atoms with Crippen LogP contribution in [-0.2, 0) is 6.54 Å². The van der Waals surface area contributed by atoms with Gasteiger partial charge in [0.05, 0.1) is 0 Å². The topological polar surface area (TPSA) is 8.17 Å². The molecule has 0 atom stereocenters. The number of unbranched alkanes of at least 4 members (excludes halogenated alkanes) is 1. The van der Waals surface area contributed by atoms with E-state index in [1.54, 1.807) is 0 Å². The van der Waals surface area contributed by atoms with Gasteiger partial charge in [0.2, 0.25) is 0 Å². The van der Waals surface area contributed by atoms with Gasteiger partial charge < -0.3 is 4.57 Å². The van der Waals surface area contributed by atoms with Crippen molar-refractivity contribution in [2.75, 3.05) is 19.6 Å². The van der Waals surface area contributed by atoms with Crippen LogP contribution in [0.5, 0.6) is 0 Å². The number of hydrogen-bond acceptors (Lipinski definition) is 1. The maximum absolute atomic E-state index is 2.57. The van der Waals surface area contributed by atoms with Crippen LogP contribution in [-0.4, -0.2) is 29.1 Å². The van der Waals surface area contributed by atoms with E-state index < -0.39 is 0 Å². The average Bonchev–Trinajstić information content (AvgIpc) is 3.06. The number of rotatable bonds is 6. The van der Waals surface area contributed by atoms with Gasteiger partial charge >= 0.3 is 0 Å². The summed E-state index contributed by atoms with van der Waals surface area (Å²) in [5.41, 5.74) is 2.91. The van der Waals surface area contributed by atoms with Crippen LogP contribution >= 0.6 is 12.4 Å². The van der Waals surface area contributed by atoms with Gasteiger partial charge in [-0.05, 0) is 49.1 Å². The standard InChI is InChI=1S/C19H24N2.ClH/c1-2-8-18(9-3-1)19-10-16-21(17-11-19)15-7-6-14-20-12-4-5-13-20;/h1-5,8-10,12-13H,6-7,11,14-17H2;1H. The average molecular weight is 317 g/mol. The van der Waals surface area contributed by atoms with Gasteiger partial charge in [-0.1, -0.05) is 36.4 Å². The molecule has 0 radical (unpaired) electrons. The van der Waals surface area contributed by atoms with E-state index in [4.69, 9.17) is 0 Å². The molecule has 0 saturated carbocycles. The highest BCUT2D eigenvalue weighted by Gasteiger charge is 2.12. The SMILES string of the molecule is C1=C(c2ccccc2)CCN(CCCCn2cccc2)C1.Cl. The molecular formula is C19H25ClN2. The largest absolute Gasteiger partial charge is 0.354 e. The molecular weight excluding hydrogens is 292 g/mol. The minimum absolute atomic E-state index is 0. The first-order valence-corrected chi connectivity index (χ1v) is 7.99. The van der Waals surface area contributed by atoms with Crippen LogP contribution in [0.4, 0.5) is 0 Å². The first-order valence-electron chi connectivity index (χ1n) is 7.99. The monoisotopic (exact) mass is 316 g/mol. The lowest BCUT2D eigenvalue weighted by Gasteiger charge is -2.26. The molecule has 118 valence electrons. The van der Waals surface area contributed by atoms with Crippen molar-refractivity contribution >= 4 is 18.0 Å². The van der Waals surface area contributed by atoms with Gasteiger partial charge in [0, 0.05) is 32.0 Å². The zero-order valence-corrected chi connectivity index (χ0v) is 13.8. The minimum atomic E-state index is 0. The molecule has 3 heteroatoms. The van der Waals surface area contributed by atoms with Crippen molar-refractivity contribution in [1.82, 2.24) is 9.47 Å². The maximum Gasteiger partial charge on any atom is 0.0220 e. The van der Waals surface area contributed by atoms with Gasteiger partial charge in [-0.3, -0.25) is 4.90 Å². The summed E-state index contributed by atoms with van der Waals surface area (Å²) >= 11 is 0. The van der Waals surface area contributed by atoms with Gasteiger partial charge in [0.1, 0.15) is 0 Å². The molecule has 1 aromatic carbocycles. The molecule has 0 spiro atoms.